The lowest BCUT2D eigenvalue weighted by molar-refractivity contribution is -0.121. The summed E-state index contributed by atoms with van der Waals surface area (Å²) >= 11 is 0. The van der Waals surface area contributed by atoms with E-state index in [9.17, 15) is 9.59 Å². The Balaban J connectivity index is 1.56. The second-order valence-corrected chi connectivity index (χ2v) is 6.48. The Hall–Kier alpha value is -2.60. The maximum absolute atomic E-state index is 12.7. The SMILES string of the molecule is COCCN1C(=O)c2cccn2CC1CNC(=O)CCc1ccccc1. The van der Waals surface area contributed by atoms with Crippen LogP contribution >= 0.6 is 0 Å². The molecular formula is C20H25N3O3. The molecule has 0 spiro atoms. The van der Waals surface area contributed by atoms with Gasteiger partial charge in [0, 0.05) is 39.4 Å². The van der Waals surface area contributed by atoms with Crippen LogP contribution in [-0.2, 0) is 22.5 Å². The number of hydrogen-bond donors (Lipinski definition) is 1. The summed E-state index contributed by atoms with van der Waals surface area (Å²) in [6.07, 6.45) is 3.06. The summed E-state index contributed by atoms with van der Waals surface area (Å²) in [6, 6.07) is 13.6. The summed E-state index contributed by atoms with van der Waals surface area (Å²) in [4.78, 5) is 26.7. The number of rotatable bonds is 8. The average Bonchev–Trinajstić information content (AvgIpc) is 3.14. The Morgan fingerprint density at radius 3 is 2.81 bits per heavy atom. The van der Waals surface area contributed by atoms with E-state index in [4.69, 9.17) is 4.74 Å². The molecule has 138 valence electrons. The molecule has 0 saturated heterocycles. The molecule has 1 atom stereocenters. The number of nitrogens with one attached hydrogen (secondary N) is 1. The van der Waals surface area contributed by atoms with Crippen molar-refractivity contribution in [3.63, 3.8) is 0 Å². The number of methoxy groups -OCH3 is 1. The van der Waals surface area contributed by atoms with Gasteiger partial charge in [0.15, 0.2) is 0 Å². The Kier molecular flexibility index (Phi) is 6.07. The quantitative estimate of drug-likeness (QED) is 0.784. The molecule has 3 rings (SSSR count). The predicted molar refractivity (Wildman–Crippen MR) is 98.9 cm³/mol. The van der Waals surface area contributed by atoms with Gasteiger partial charge < -0.3 is 19.5 Å². The lowest BCUT2D eigenvalue weighted by Crippen LogP contribution is -2.53. The van der Waals surface area contributed by atoms with E-state index in [-0.39, 0.29) is 17.9 Å². The zero-order valence-electron chi connectivity index (χ0n) is 15.1. The maximum Gasteiger partial charge on any atom is 0.270 e. The topological polar surface area (TPSA) is 63.6 Å². The number of carbonyl (C=O) groups excluding carboxylic acids is 2. The van der Waals surface area contributed by atoms with Gasteiger partial charge in [0.1, 0.15) is 5.69 Å². The van der Waals surface area contributed by atoms with Gasteiger partial charge >= 0.3 is 0 Å². The molecule has 1 aromatic heterocycles. The van der Waals surface area contributed by atoms with Gasteiger partial charge in [-0.3, -0.25) is 9.59 Å². The van der Waals surface area contributed by atoms with Crippen LogP contribution in [0.3, 0.4) is 0 Å². The minimum atomic E-state index is -0.0711. The normalized spacial score (nSPS) is 16.4. The van der Waals surface area contributed by atoms with E-state index in [1.165, 1.54) is 0 Å². The highest BCUT2D eigenvalue weighted by molar-refractivity contribution is 5.93. The summed E-state index contributed by atoms with van der Waals surface area (Å²) < 4.78 is 7.09. The summed E-state index contributed by atoms with van der Waals surface area (Å²) in [5.41, 5.74) is 1.84. The number of ether oxygens (including phenoxy) is 1. The van der Waals surface area contributed by atoms with E-state index in [0.717, 1.165) is 5.56 Å². The number of aryl methyl sites for hydroxylation is 1. The highest BCUT2D eigenvalue weighted by atomic mass is 16.5. The number of nitrogens with zero attached hydrogens (tertiary/aromatic N) is 2. The Morgan fingerprint density at radius 2 is 2.04 bits per heavy atom. The predicted octanol–water partition coefficient (Wildman–Crippen LogP) is 1.71. The first kappa shape index (κ1) is 18.2. The van der Waals surface area contributed by atoms with Crippen LogP contribution in [0.5, 0.6) is 0 Å². The summed E-state index contributed by atoms with van der Waals surface area (Å²) in [5, 5.41) is 2.99. The van der Waals surface area contributed by atoms with Gasteiger partial charge in [-0.15, -0.1) is 0 Å². The van der Waals surface area contributed by atoms with Crippen molar-refractivity contribution >= 4 is 11.8 Å². The highest BCUT2D eigenvalue weighted by Crippen LogP contribution is 2.18. The fourth-order valence-corrected chi connectivity index (χ4v) is 3.28. The molecule has 0 fully saturated rings. The third-order valence-corrected chi connectivity index (χ3v) is 4.71. The van der Waals surface area contributed by atoms with E-state index in [1.807, 2.05) is 53.2 Å². The molecule has 6 heteroatoms. The molecule has 26 heavy (non-hydrogen) atoms. The number of fused-ring (bicyclic) bond motifs is 1. The van der Waals surface area contributed by atoms with Crippen LogP contribution in [0.4, 0.5) is 0 Å². The zero-order chi connectivity index (χ0) is 18.4. The van der Waals surface area contributed by atoms with E-state index in [1.54, 1.807) is 12.0 Å². The first-order valence-electron chi connectivity index (χ1n) is 8.94. The largest absolute Gasteiger partial charge is 0.383 e. The molecule has 2 amide bonds. The second kappa shape index (κ2) is 8.67. The van der Waals surface area contributed by atoms with Crippen LogP contribution in [0.1, 0.15) is 22.5 Å². The minimum absolute atomic E-state index is 0.00583. The first-order valence-corrected chi connectivity index (χ1v) is 8.94. The van der Waals surface area contributed by atoms with E-state index in [2.05, 4.69) is 5.32 Å². The lowest BCUT2D eigenvalue weighted by atomic mass is 10.1. The summed E-state index contributed by atoms with van der Waals surface area (Å²) in [6.45, 7) is 2.12. The molecular weight excluding hydrogens is 330 g/mol. The number of carbonyl (C=O) groups is 2. The van der Waals surface area contributed by atoms with E-state index in [0.29, 0.717) is 44.8 Å². The molecule has 2 aromatic rings. The zero-order valence-corrected chi connectivity index (χ0v) is 15.1. The van der Waals surface area contributed by atoms with Crippen molar-refractivity contribution in [1.29, 1.82) is 0 Å². The van der Waals surface area contributed by atoms with Gasteiger partial charge in [0.05, 0.1) is 12.6 Å². The Morgan fingerprint density at radius 1 is 1.23 bits per heavy atom. The molecule has 1 unspecified atom stereocenters. The van der Waals surface area contributed by atoms with Crippen molar-refractivity contribution in [2.75, 3.05) is 26.8 Å². The van der Waals surface area contributed by atoms with Crippen LogP contribution in [0.2, 0.25) is 0 Å². The molecule has 1 N–H and O–H groups in total. The first-order chi connectivity index (χ1) is 12.7. The molecule has 1 aliphatic heterocycles. The van der Waals surface area contributed by atoms with Crippen LogP contribution < -0.4 is 5.32 Å². The number of aromatic nitrogens is 1. The van der Waals surface area contributed by atoms with Gasteiger partial charge in [-0.2, -0.15) is 0 Å². The van der Waals surface area contributed by atoms with Crippen molar-refractivity contribution in [2.45, 2.75) is 25.4 Å². The average molecular weight is 355 g/mol. The van der Waals surface area contributed by atoms with Crippen LogP contribution in [0.15, 0.2) is 48.7 Å². The third-order valence-electron chi connectivity index (χ3n) is 4.71. The fraction of sp³-hybridized carbons (Fsp3) is 0.400. The Labute approximate surface area is 153 Å². The van der Waals surface area contributed by atoms with Crippen molar-refractivity contribution in [3.05, 3.63) is 59.9 Å². The van der Waals surface area contributed by atoms with Gasteiger partial charge in [-0.1, -0.05) is 30.3 Å². The van der Waals surface area contributed by atoms with E-state index >= 15 is 0 Å². The van der Waals surface area contributed by atoms with Gasteiger partial charge in [-0.25, -0.2) is 0 Å². The molecule has 0 aliphatic carbocycles. The molecule has 0 saturated carbocycles. The van der Waals surface area contributed by atoms with Gasteiger partial charge in [-0.05, 0) is 24.1 Å². The lowest BCUT2D eigenvalue weighted by Gasteiger charge is -2.36. The van der Waals surface area contributed by atoms with Crippen LogP contribution in [0.25, 0.3) is 0 Å². The standard InChI is InChI=1S/C20H25N3O3/c1-26-13-12-23-17(15-22-11-5-8-18(22)20(23)25)14-21-19(24)10-9-16-6-3-2-4-7-16/h2-8,11,17H,9-10,12-15H2,1H3,(H,21,24). The maximum atomic E-state index is 12.7. The van der Waals surface area contributed by atoms with E-state index < -0.39 is 0 Å². The second-order valence-electron chi connectivity index (χ2n) is 6.48. The molecule has 1 aliphatic rings. The molecule has 6 nitrogen and oxygen atoms in total. The fourth-order valence-electron chi connectivity index (χ4n) is 3.28. The van der Waals surface area contributed by atoms with Gasteiger partial charge in [0.25, 0.3) is 5.91 Å². The summed E-state index contributed by atoms with van der Waals surface area (Å²) in [7, 11) is 1.62. The van der Waals surface area contributed by atoms with Crippen molar-refractivity contribution in [3.8, 4) is 0 Å². The van der Waals surface area contributed by atoms with Crippen molar-refractivity contribution in [2.24, 2.45) is 0 Å². The molecule has 1 aromatic carbocycles. The van der Waals surface area contributed by atoms with Crippen LogP contribution in [0, 0.1) is 0 Å². The third kappa shape index (κ3) is 4.32. The number of benzene rings is 1. The number of amides is 2. The Bertz CT molecular complexity index is 742. The van der Waals surface area contributed by atoms with Gasteiger partial charge in [0.2, 0.25) is 5.91 Å². The molecule has 0 radical (unpaired) electrons. The molecule has 0 bridgehead atoms. The highest BCUT2D eigenvalue weighted by Gasteiger charge is 2.31. The summed E-state index contributed by atoms with van der Waals surface area (Å²) in [5.74, 6) is -0.00636. The van der Waals surface area contributed by atoms with Crippen molar-refractivity contribution in [1.82, 2.24) is 14.8 Å². The monoisotopic (exact) mass is 355 g/mol. The number of hydrogen-bond acceptors (Lipinski definition) is 3. The molecule has 2 heterocycles. The minimum Gasteiger partial charge on any atom is -0.383 e. The van der Waals surface area contributed by atoms with Crippen molar-refractivity contribution < 1.29 is 14.3 Å². The van der Waals surface area contributed by atoms with Crippen LogP contribution in [-0.4, -0.2) is 54.1 Å². The smallest absolute Gasteiger partial charge is 0.270 e.